The Labute approximate surface area is 375 Å². The summed E-state index contributed by atoms with van der Waals surface area (Å²) in [5.74, 6) is -3.12. The number of cyclic esters (lactones) is 1. The third-order valence-electron chi connectivity index (χ3n) is 12.8. The number of likely N-dealkylation sites (N-methyl/N-ethyl adjacent to an activating group) is 1. The molecule has 2 saturated heterocycles. The van der Waals surface area contributed by atoms with Gasteiger partial charge >= 0.3 is 12.1 Å². The van der Waals surface area contributed by atoms with Gasteiger partial charge in [-0.2, -0.15) is 18.3 Å². The molecule has 2 aromatic heterocycles. The molecule has 65 heavy (non-hydrogen) atoms. The maximum atomic E-state index is 14.6. The second-order valence-electron chi connectivity index (χ2n) is 17.5. The standard InChI is InChI=1S/C47H57F3N8O7/c1-8-39(59)56-19-16-32(25-56)44(61)54(5)40(27(2)3)43(60)52-37-22-29-11-9-12-30(21-29)31-14-15-38-34(23-31)33(17-20-65-46(63)36-13-10-18-58(53-36)45(37)62)42(57(38)26-47(48,49)50)35-24-51-55(6)41(35)28(4)64-7/h8-9,11-12,14-15,21,23-24,27-28,32,36-37,40,53H,1,10,13,16-20,22,25-26H2,2-7H3,(H,52,60)/t28-,32-,36-,37-,40?/m0/s1. The molecule has 0 spiro atoms. The van der Waals surface area contributed by atoms with Crippen LogP contribution in [-0.2, 0) is 59.9 Å². The van der Waals surface area contributed by atoms with E-state index in [1.54, 1.807) is 42.7 Å². The molecule has 15 nitrogen and oxygen atoms in total. The summed E-state index contributed by atoms with van der Waals surface area (Å²) in [6, 6.07) is 9.56. The molecular formula is C47H57F3N8O7. The van der Waals surface area contributed by atoms with E-state index in [9.17, 15) is 37.1 Å². The van der Waals surface area contributed by atoms with E-state index in [-0.39, 0.29) is 56.0 Å². The van der Waals surface area contributed by atoms with Gasteiger partial charge in [-0.1, -0.05) is 50.8 Å². The van der Waals surface area contributed by atoms with Crippen molar-refractivity contribution < 1.29 is 46.6 Å². The number of methoxy groups -OCH3 is 1. The van der Waals surface area contributed by atoms with Gasteiger partial charge in [-0.15, -0.1) is 0 Å². The molecule has 7 rings (SSSR count). The molecular weight excluding hydrogens is 846 g/mol. The first-order valence-electron chi connectivity index (χ1n) is 22.0. The van der Waals surface area contributed by atoms with E-state index < -0.39 is 60.7 Å². The maximum Gasteiger partial charge on any atom is 0.406 e. The van der Waals surface area contributed by atoms with Gasteiger partial charge in [0.05, 0.1) is 36.2 Å². The van der Waals surface area contributed by atoms with Crippen LogP contribution in [0, 0.1) is 11.8 Å². The molecule has 3 aliphatic rings. The van der Waals surface area contributed by atoms with Crippen molar-refractivity contribution in [3.8, 4) is 22.4 Å². The lowest BCUT2D eigenvalue weighted by Crippen LogP contribution is -2.62. The molecule has 1 unspecified atom stereocenters. The Morgan fingerprint density at radius 1 is 1.09 bits per heavy atom. The Kier molecular flexibility index (Phi) is 13.9. The van der Waals surface area contributed by atoms with Crippen molar-refractivity contribution in [2.75, 3.05) is 40.4 Å². The molecule has 18 heteroatoms. The number of aryl methyl sites for hydroxylation is 1. The Morgan fingerprint density at radius 3 is 2.55 bits per heavy atom. The summed E-state index contributed by atoms with van der Waals surface area (Å²) in [7, 11) is 4.77. The molecule has 2 fully saturated rings. The van der Waals surface area contributed by atoms with Gasteiger partial charge in [0, 0.05) is 70.1 Å². The first-order chi connectivity index (χ1) is 30.9. The van der Waals surface area contributed by atoms with E-state index in [1.807, 2.05) is 44.2 Å². The average molecular weight is 903 g/mol. The lowest BCUT2D eigenvalue weighted by molar-refractivity contribution is -0.153. The van der Waals surface area contributed by atoms with E-state index in [4.69, 9.17) is 9.47 Å². The highest BCUT2D eigenvalue weighted by Crippen LogP contribution is 2.41. The number of hydrogen-bond acceptors (Lipinski definition) is 9. The molecule has 4 amide bonds. The van der Waals surface area contributed by atoms with Crippen molar-refractivity contribution in [1.82, 2.24) is 39.9 Å². The molecule has 0 saturated carbocycles. The monoisotopic (exact) mass is 902 g/mol. The molecule has 0 aliphatic carbocycles. The van der Waals surface area contributed by atoms with Crippen molar-refractivity contribution in [2.45, 2.75) is 89.8 Å². The SMILES string of the molecule is C=CC(=O)N1CC[C@H](C(=O)N(C)C(C(=O)N[C@H]2Cc3cccc(c3)-c3ccc4c(c3)c(c(-c3cnn(C)c3[C@H](C)OC)n4CC(F)(F)F)CCOC(=O)[C@@H]3CCCN(N3)C2=O)C(C)C)C1. The number of hydrogen-bond donors (Lipinski definition) is 2. The quantitative estimate of drug-likeness (QED) is 0.163. The van der Waals surface area contributed by atoms with E-state index in [1.165, 1.54) is 33.9 Å². The number of carbonyl (C=O) groups is 5. The number of nitrogens with one attached hydrogen (secondary N) is 2. The van der Waals surface area contributed by atoms with Crippen molar-refractivity contribution >= 4 is 40.5 Å². The van der Waals surface area contributed by atoms with Crippen LogP contribution < -0.4 is 10.7 Å². The van der Waals surface area contributed by atoms with Gasteiger partial charge < -0.3 is 29.2 Å². The lowest BCUT2D eigenvalue weighted by Gasteiger charge is -2.36. The lowest BCUT2D eigenvalue weighted by atomic mass is 9.95. The molecule has 3 aliphatic heterocycles. The van der Waals surface area contributed by atoms with Crippen LogP contribution in [0.5, 0.6) is 0 Å². The minimum Gasteiger partial charge on any atom is -0.464 e. The number of likely N-dealkylation sites (tertiary alicyclic amines) is 1. The second kappa shape index (κ2) is 19.2. The smallest absolute Gasteiger partial charge is 0.406 e. The van der Waals surface area contributed by atoms with Crippen LogP contribution in [0.4, 0.5) is 13.2 Å². The van der Waals surface area contributed by atoms with Crippen molar-refractivity contribution in [2.24, 2.45) is 18.9 Å². The Morgan fingerprint density at radius 2 is 1.85 bits per heavy atom. The van der Waals surface area contributed by atoms with Gasteiger partial charge in [0.15, 0.2) is 0 Å². The zero-order valence-corrected chi connectivity index (χ0v) is 37.6. The number of benzene rings is 2. The van der Waals surface area contributed by atoms with Crippen molar-refractivity contribution in [3.05, 3.63) is 78.1 Å². The number of carbonyl (C=O) groups excluding carboxylic acids is 5. The zero-order valence-electron chi connectivity index (χ0n) is 37.6. The van der Waals surface area contributed by atoms with Crippen molar-refractivity contribution in [1.29, 1.82) is 0 Å². The van der Waals surface area contributed by atoms with Crippen LogP contribution in [-0.4, -0.2) is 123 Å². The normalized spacial score (nSPS) is 20.4. The third kappa shape index (κ3) is 9.83. The van der Waals surface area contributed by atoms with Crippen molar-refractivity contribution in [3.63, 3.8) is 0 Å². The highest BCUT2D eigenvalue weighted by Gasteiger charge is 2.40. The summed E-state index contributed by atoms with van der Waals surface area (Å²) < 4.78 is 57.9. The summed E-state index contributed by atoms with van der Waals surface area (Å²) in [5.41, 5.74) is 7.27. The molecule has 2 N–H and O–H groups in total. The highest BCUT2D eigenvalue weighted by molar-refractivity contribution is 5.96. The largest absolute Gasteiger partial charge is 0.464 e. The van der Waals surface area contributed by atoms with Gasteiger partial charge in [0.25, 0.3) is 5.91 Å². The van der Waals surface area contributed by atoms with Gasteiger partial charge in [0.2, 0.25) is 17.7 Å². The van der Waals surface area contributed by atoms with Crippen LogP contribution in [0.2, 0.25) is 0 Å². The predicted octanol–water partition coefficient (Wildman–Crippen LogP) is 5.12. The number of ether oxygens (including phenoxy) is 2. The fourth-order valence-corrected chi connectivity index (χ4v) is 9.60. The van der Waals surface area contributed by atoms with Gasteiger partial charge in [-0.3, -0.25) is 33.7 Å². The summed E-state index contributed by atoms with van der Waals surface area (Å²) in [4.78, 5) is 71.8. The minimum absolute atomic E-state index is 0.0243. The first kappa shape index (κ1) is 47.0. The summed E-state index contributed by atoms with van der Waals surface area (Å²) >= 11 is 0. The van der Waals surface area contributed by atoms with Gasteiger partial charge in [0.1, 0.15) is 24.7 Å². The number of hydrazine groups is 1. The number of esters is 1. The van der Waals surface area contributed by atoms with Gasteiger partial charge in [-0.05, 0) is 72.6 Å². The van der Waals surface area contributed by atoms with Crippen LogP contribution in [0.3, 0.4) is 0 Å². The highest BCUT2D eigenvalue weighted by atomic mass is 19.4. The number of aromatic nitrogens is 3. The number of halogens is 3. The van der Waals surface area contributed by atoms with E-state index in [0.29, 0.717) is 70.2 Å². The minimum atomic E-state index is -4.59. The fourth-order valence-electron chi connectivity index (χ4n) is 9.60. The topological polar surface area (TPSA) is 160 Å². The number of rotatable bonds is 10. The molecule has 2 aromatic carbocycles. The maximum absolute atomic E-state index is 14.6. The molecule has 5 atom stereocenters. The number of fused-ring (bicyclic) bond motifs is 6. The average Bonchev–Trinajstić information content (AvgIpc) is 4.00. The van der Waals surface area contributed by atoms with E-state index in [0.717, 1.165) is 0 Å². The molecule has 6 bridgehead atoms. The molecule has 348 valence electrons. The predicted molar refractivity (Wildman–Crippen MR) is 236 cm³/mol. The molecule has 4 aromatic rings. The summed E-state index contributed by atoms with van der Waals surface area (Å²) in [5, 5.41) is 9.25. The Bertz CT molecular complexity index is 2480. The van der Waals surface area contributed by atoms with Gasteiger partial charge in [-0.25, -0.2) is 5.43 Å². The third-order valence-corrected chi connectivity index (χ3v) is 12.8. The molecule has 0 radical (unpaired) electrons. The number of amides is 4. The fraction of sp³-hybridized carbons (Fsp3) is 0.489. The van der Waals surface area contributed by atoms with Crippen LogP contribution in [0.25, 0.3) is 33.3 Å². The Balaban J connectivity index is 1.29. The van der Waals surface area contributed by atoms with Crippen LogP contribution >= 0.6 is 0 Å². The first-order valence-corrected chi connectivity index (χ1v) is 22.0. The Hall–Kier alpha value is -6.01. The van der Waals surface area contributed by atoms with Crippen LogP contribution in [0.15, 0.2) is 61.3 Å². The van der Waals surface area contributed by atoms with E-state index >= 15 is 0 Å². The molecule has 5 heterocycles. The van der Waals surface area contributed by atoms with E-state index in [2.05, 4.69) is 22.4 Å². The summed E-state index contributed by atoms with van der Waals surface area (Å²) in [6.07, 6.45) is -1.08. The number of alkyl halides is 3. The van der Waals surface area contributed by atoms with Crippen LogP contribution in [0.1, 0.15) is 63.0 Å². The zero-order chi connectivity index (χ0) is 46.9. The number of nitrogens with zero attached hydrogens (tertiary/aromatic N) is 6. The summed E-state index contributed by atoms with van der Waals surface area (Å²) in [6.45, 7) is 8.31. The second-order valence-corrected chi connectivity index (χ2v) is 17.5.